The van der Waals surface area contributed by atoms with Crippen molar-refractivity contribution in [2.75, 3.05) is 11.0 Å². The first-order chi connectivity index (χ1) is 15.4. The van der Waals surface area contributed by atoms with Crippen molar-refractivity contribution in [1.82, 2.24) is 9.97 Å². The Kier molecular flexibility index (Phi) is 5.49. The second-order valence-corrected chi connectivity index (χ2v) is 10.9. The topological polar surface area (TPSA) is 112 Å². The van der Waals surface area contributed by atoms with Gasteiger partial charge in [0.15, 0.2) is 0 Å². The smallest absolute Gasteiger partial charge is 0.256 e. The molecule has 0 bridgehead atoms. The minimum Gasteiger partial charge on any atom is -0.329 e. The third-order valence-corrected chi connectivity index (χ3v) is 6.03. The lowest BCUT2D eigenvalue weighted by Gasteiger charge is -2.21. The van der Waals surface area contributed by atoms with Gasteiger partial charge in [-0.3, -0.25) is 14.3 Å². The van der Waals surface area contributed by atoms with Gasteiger partial charge in [0.2, 0.25) is 10.0 Å². The summed E-state index contributed by atoms with van der Waals surface area (Å²) in [6.07, 6.45) is 2.65. The fourth-order valence-corrected chi connectivity index (χ4v) is 4.31. The van der Waals surface area contributed by atoms with Crippen LogP contribution < -0.4 is 15.8 Å². The number of hydrogen-bond donors (Lipinski definition) is 3. The molecule has 3 N–H and O–H groups in total. The molecule has 2 aromatic heterocycles. The highest BCUT2D eigenvalue weighted by atomic mass is 32.2. The zero-order valence-corrected chi connectivity index (χ0v) is 19.6. The van der Waals surface area contributed by atoms with Crippen LogP contribution in [-0.4, -0.2) is 24.6 Å². The van der Waals surface area contributed by atoms with Crippen LogP contribution in [0.1, 0.15) is 26.3 Å². The van der Waals surface area contributed by atoms with Gasteiger partial charge in [0.05, 0.1) is 11.8 Å². The van der Waals surface area contributed by atoms with Gasteiger partial charge in [0.25, 0.3) is 11.1 Å². The first-order valence-electron chi connectivity index (χ1n) is 10.4. The molecule has 7 nitrogen and oxygen atoms in total. The van der Waals surface area contributed by atoms with Crippen LogP contribution in [0.5, 0.6) is 0 Å². The molecular formula is C25H25N3O4S. The van der Waals surface area contributed by atoms with Gasteiger partial charge in [0.1, 0.15) is 0 Å². The molecule has 0 amide bonds. The van der Waals surface area contributed by atoms with Crippen LogP contribution in [0.25, 0.3) is 33.2 Å². The molecule has 0 radical (unpaired) electrons. The predicted octanol–water partition coefficient (Wildman–Crippen LogP) is 4.22. The van der Waals surface area contributed by atoms with Crippen LogP contribution in [0.3, 0.4) is 0 Å². The van der Waals surface area contributed by atoms with E-state index in [2.05, 4.69) is 35.5 Å². The van der Waals surface area contributed by atoms with Gasteiger partial charge >= 0.3 is 0 Å². The standard InChI is InChI=1S/C25H25N3O4S/c1-25(2,3)17-12-16-13-20(15-7-9-18(10-8-15)28-33(4,31)32)24(30)27-22(16)21(14-17)19-6-5-11-26-23(19)29/h5-14,28H,1-4H3,(H,26,29)(H,27,30). The van der Waals surface area contributed by atoms with E-state index in [-0.39, 0.29) is 16.5 Å². The molecular weight excluding hydrogens is 438 g/mol. The van der Waals surface area contributed by atoms with Crippen molar-refractivity contribution in [2.24, 2.45) is 0 Å². The zero-order valence-electron chi connectivity index (χ0n) is 18.8. The van der Waals surface area contributed by atoms with Gasteiger partial charge in [-0.25, -0.2) is 8.42 Å². The van der Waals surface area contributed by atoms with Crippen LogP contribution >= 0.6 is 0 Å². The van der Waals surface area contributed by atoms with Crippen molar-refractivity contribution in [3.63, 3.8) is 0 Å². The molecule has 4 rings (SSSR count). The fourth-order valence-electron chi connectivity index (χ4n) is 3.75. The third-order valence-electron chi connectivity index (χ3n) is 5.43. The van der Waals surface area contributed by atoms with Crippen LogP contribution in [-0.2, 0) is 15.4 Å². The van der Waals surface area contributed by atoms with Crippen molar-refractivity contribution >= 4 is 26.6 Å². The number of aromatic amines is 2. The van der Waals surface area contributed by atoms with Crippen molar-refractivity contribution in [2.45, 2.75) is 26.2 Å². The van der Waals surface area contributed by atoms with E-state index in [1.807, 2.05) is 18.2 Å². The van der Waals surface area contributed by atoms with Crippen LogP contribution in [0, 0.1) is 0 Å². The number of H-pyrrole nitrogens is 2. The minimum absolute atomic E-state index is 0.181. The summed E-state index contributed by atoms with van der Waals surface area (Å²) in [5, 5.41) is 0.800. The van der Waals surface area contributed by atoms with E-state index >= 15 is 0 Å². The zero-order chi connectivity index (χ0) is 24.0. The molecule has 170 valence electrons. The summed E-state index contributed by atoms with van der Waals surface area (Å²) in [6.45, 7) is 6.27. The average molecular weight is 464 g/mol. The summed E-state index contributed by atoms with van der Waals surface area (Å²) in [6, 6.07) is 15.9. The van der Waals surface area contributed by atoms with Gasteiger partial charge in [-0.05, 0) is 64.4 Å². The Bertz CT molecular complexity index is 1580. The number of benzene rings is 2. The Morgan fingerprint density at radius 3 is 2.15 bits per heavy atom. The molecule has 8 heteroatoms. The van der Waals surface area contributed by atoms with Crippen molar-refractivity contribution in [1.29, 1.82) is 0 Å². The van der Waals surface area contributed by atoms with Crippen LogP contribution in [0.2, 0.25) is 0 Å². The van der Waals surface area contributed by atoms with E-state index in [1.165, 1.54) is 0 Å². The van der Waals surface area contributed by atoms with Gasteiger partial charge in [-0.15, -0.1) is 0 Å². The molecule has 2 aromatic carbocycles. The summed E-state index contributed by atoms with van der Waals surface area (Å²) >= 11 is 0. The molecule has 0 aliphatic rings. The number of anilines is 1. The lowest BCUT2D eigenvalue weighted by molar-refractivity contribution is 0.591. The van der Waals surface area contributed by atoms with Crippen molar-refractivity contribution < 1.29 is 8.42 Å². The molecule has 0 aliphatic heterocycles. The molecule has 0 unspecified atom stereocenters. The normalized spacial score (nSPS) is 12.1. The molecule has 0 saturated heterocycles. The number of hydrogen-bond acceptors (Lipinski definition) is 4. The maximum atomic E-state index is 13.0. The SMILES string of the molecule is CC(C)(C)c1cc(-c2ccc[nH]c2=O)c2[nH]c(=O)c(-c3ccc(NS(C)(=O)=O)cc3)cc2c1. The quantitative estimate of drug-likeness (QED) is 0.421. The first kappa shape index (κ1) is 22.5. The first-order valence-corrected chi connectivity index (χ1v) is 12.3. The highest BCUT2D eigenvalue weighted by Gasteiger charge is 2.19. The second-order valence-electron chi connectivity index (χ2n) is 9.11. The van der Waals surface area contributed by atoms with Gasteiger partial charge in [0, 0.05) is 28.6 Å². The maximum Gasteiger partial charge on any atom is 0.256 e. The van der Waals surface area contributed by atoms with Crippen LogP contribution in [0.4, 0.5) is 5.69 Å². The largest absolute Gasteiger partial charge is 0.329 e. The monoisotopic (exact) mass is 463 g/mol. The molecule has 0 saturated carbocycles. The summed E-state index contributed by atoms with van der Waals surface area (Å²) in [5.74, 6) is 0. The Labute approximate surface area is 191 Å². The van der Waals surface area contributed by atoms with Crippen molar-refractivity contribution in [3.05, 3.63) is 87.1 Å². The van der Waals surface area contributed by atoms with E-state index < -0.39 is 10.0 Å². The van der Waals surface area contributed by atoms with Gasteiger partial charge in [-0.1, -0.05) is 32.9 Å². The lowest BCUT2D eigenvalue weighted by Crippen LogP contribution is -2.15. The number of sulfonamides is 1. The Morgan fingerprint density at radius 2 is 1.55 bits per heavy atom. The maximum absolute atomic E-state index is 13.0. The molecule has 0 aliphatic carbocycles. The molecule has 0 fully saturated rings. The third kappa shape index (κ3) is 4.75. The van der Waals surface area contributed by atoms with Gasteiger partial charge < -0.3 is 9.97 Å². The van der Waals surface area contributed by atoms with E-state index in [0.717, 1.165) is 17.2 Å². The summed E-state index contributed by atoms with van der Waals surface area (Å²) in [5.41, 5.74) is 3.56. The van der Waals surface area contributed by atoms with Crippen molar-refractivity contribution in [3.8, 4) is 22.3 Å². The van der Waals surface area contributed by atoms with E-state index in [9.17, 15) is 18.0 Å². The summed E-state index contributed by atoms with van der Waals surface area (Å²) < 4.78 is 25.3. The Morgan fingerprint density at radius 1 is 0.848 bits per heavy atom. The lowest BCUT2D eigenvalue weighted by atomic mass is 9.84. The highest BCUT2D eigenvalue weighted by Crippen LogP contribution is 2.33. The van der Waals surface area contributed by atoms with E-state index in [1.54, 1.807) is 42.6 Å². The average Bonchev–Trinajstić information content (AvgIpc) is 2.72. The predicted molar refractivity (Wildman–Crippen MR) is 133 cm³/mol. The molecule has 33 heavy (non-hydrogen) atoms. The number of rotatable bonds is 4. The van der Waals surface area contributed by atoms with Gasteiger partial charge in [-0.2, -0.15) is 0 Å². The summed E-state index contributed by atoms with van der Waals surface area (Å²) in [7, 11) is -3.39. The Hall–Kier alpha value is -3.65. The number of aromatic nitrogens is 2. The molecule has 2 heterocycles. The van der Waals surface area contributed by atoms with E-state index in [4.69, 9.17) is 0 Å². The Balaban J connectivity index is 1.94. The molecule has 4 aromatic rings. The number of fused-ring (bicyclic) bond motifs is 1. The fraction of sp³-hybridized carbons (Fsp3) is 0.200. The number of pyridine rings is 2. The second kappa shape index (κ2) is 8.04. The molecule has 0 spiro atoms. The van der Waals surface area contributed by atoms with Crippen LogP contribution in [0.15, 0.2) is 70.4 Å². The molecule has 0 atom stereocenters. The highest BCUT2D eigenvalue weighted by molar-refractivity contribution is 7.92. The van der Waals surface area contributed by atoms with E-state index in [0.29, 0.717) is 33.5 Å². The summed E-state index contributed by atoms with van der Waals surface area (Å²) in [4.78, 5) is 31.2. The minimum atomic E-state index is -3.39. The number of nitrogens with one attached hydrogen (secondary N) is 3.